The number of likely N-dealkylation sites (tertiary alicyclic amines) is 1. The molecule has 6 N–H and O–H groups in total. The molecule has 1 heterocycles. The average Bonchev–Trinajstić information content (AvgIpc) is 2.83. The summed E-state index contributed by atoms with van der Waals surface area (Å²) in [6, 6.07) is 12.6. The Morgan fingerprint density at radius 2 is 1.86 bits per heavy atom. The van der Waals surface area contributed by atoms with E-state index in [-0.39, 0.29) is 24.1 Å². The Morgan fingerprint density at radius 3 is 2.50 bits per heavy atom. The number of aromatic hydroxyl groups is 1. The maximum atomic E-state index is 11.4. The van der Waals surface area contributed by atoms with Crippen molar-refractivity contribution in [3.8, 4) is 11.5 Å². The zero-order valence-electron chi connectivity index (χ0n) is 20.2. The number of carboxylic acid groups (broad SMARTS) is 1. The van der Waals surface area contributed by atoms with E-state index >= 15 is 0 Å². The van der Waals surface area contributed by atoms with Crippen LogP contribution in [-0.4, -0.2) is 85.9 Å². The van der Waals surface area contributed by atoms with Crippen LogP contribution in [0.4, 0.5) is 16.2 Å². The fourth-order valence-corrected chi connectivity index (χ4v) is 4.42. The summed E-state index contributed by atoms with van der Waals surface area (Å²) < 4.78 is 30.5. The van der Waals surface area contributed by atoms with Crippen LogP contribution >= 0.6 is 0 Å². The Kier molecular flexibility index (Phi) is 9.62. The molecule has 1 saturated heterocycles. The summed E-state index contributed by atoms with van der Waals surface area (Å²) in [6.45, 7) is 2.08. The summed E-state index contributed by atoms with van der Waals surface area (Å²) in [7, 11) is -3.55. The molecule has 1 aliphatic heterocycles. The zero-order chi connectivity index (χ0) is 26.1. The molecular formula is C24H34N4O7S. The molecule has 1 aliphatic rings. The summed E-state index contributed by atoms with van der Waals surface area (Å²) in [5, 5.41) is 35.6. The minimum atomic E-state index is -3.55. The molecule has 12 heteroatoms. The molecule has 1 fully saturated rings. The third kappa shape index (κ3) is 9.10. The lowest BCUT2D eigenvalue weighted by Crippen LogP contribution is -2.41. The number of piperidine rings is 1. The van der Waals surface area contributed by atoms with Crippen molar-refractivity contribution in [1.29, 1.82) is 0 Å². The maximum Gasteiger partial charge on any atom is 0.407 e. The molecule has 3 rings (SSSR count). The Balaban J connectivity index is 1.33. The van der Waals surface area contributed by atoms with Gasteiger partial charge in [-0.3, -0.25) is 4.72 Å². The van der Waals surface area contributed by atoms with E-state index in [1.807, 2.05) is 24.3 Å². The molecular weight excluding hydrogens is 488 g/mol. The summed E-state index contributed by atoms with van der Waals surface area (Å²) in [5.41, 5.74) is 2.17. The number of ether oxygens (including phenoxy) is 1. The first-order chi connectivity index (χ1) is 17.1. The van der Waals surface area contributed by atoms with Gasteiger partial charge in [-0.05, 0) is 55.6 Å². The Labute approximate surface area is 211 Å². The van der Waals surface area contributed by atoms with Crippen molar-refractivity contribution < 1.29 is 33.3 Å². The lowest BCUT2D eigenvalue weighted by Gasteiger charge is -2.31. The van der Waals surface area contributed by atoms with Gasteiger partial charge in [0.15, 0.2) is 0 Å². The number of phenolic OH excluding ortho intramolecular Hbond substituents is 1. The number of hydrogen-bond donors (Lipinski definition) is 6. The van der Waals surface area contributed by atoms with Gasteiger partial charge in [-0.2, -0.15) is 0 Å². The predicted molar refractivity (Wildman–Crippen MR) is 137 cm³/mol. The van der Waals surface area contributed by atoms with Crippen LogP contribution in [0.2, 0.25) is 0 Å². The van der Waals surface area contributed by atoms with Crippen LogP contribution in [0.5, 0.6) is 11.5 Å². The number of nitrogens with zero attached hydrogens (tertiary/aromatic N) is 1. The molecule has 0 saturated carbocycles. The largest absolute Gasteiger partial charge is 0.506 e. The number of anilines is 2. The van der Waals surface area contributed by atoms with Gasteiger partial charge in [0.1, 0.15) is 24.2 Å². The van der Waals surface area contributed by atoms with Gasteiger partial charge >= 0.3 is 6.09 Å². The topological polar surface area (TPSA) is 160 Å². The quantitative estimate of drug-likeness (QED) is 0.181. The summed E-state index contributed by atoms with van der Waals surface area (Å²) in [5.74, 6) is 0.0963. The van der Waals surface area contributed by atoms with E-state index in [0.717, 1.165) is 36.8 Å². The second-order valence-corrected chi connectivity index (χ2v) is 10.6. The third-order valence-electron chi connectivity index (χ3n) is 5.77. The van der Waals surface area contributed by atoms with E-state index in [0.29, 0.717) is 31.9 Å². The molecule has 2 aromatic carbocycles. The first-order valence-electron chi connectivity index (χ1n) is 11.7. The molecule has 0 radical (unpaired) electrons. The van der Waals surface area contributed by atoms with Crippen LogP contribution in [-0.2, 0) is 16.4 Å². The maximum absolute atomic E-state index is 11.4. The van der Waals surface area contributed by atoms with Gasteiger partial charge in [-0.1, -0.05) is 12.1 Å². The molecule has 198 valence electrons. The molecule has 0 unspecified atom stereocenters. The fraction of sp³-hybridized carbons (Fsp3) is 0.458. The van der Waals surface area contributed by atoms with Crippen molar-refractivity contribution >= 4 is 27.5 Å². The highest BCUT2D eigenvalue weighted by Gasteiger charge is 2.22. The Bertz CT molecular complexity index is 1100. The van der Waals surface area contributed by atoms with Gasteiger partial charge in [0.2, 0.25) is 10.0 Å². The number of aliphatic hydroxyl groups is 1. The lowest BCUT2D eigenvalue weighted by atomic mass is 10.0. The number of sulfonamides is 1. The monoisotopic (exact) mass is 522 g/mol. The van der Waals surface area contributed by atoms with Crippen molar-refractivity contribution in [2.45, 2.75) is 31.4 Å². The van der Waals surface area contributed by atoms with Gasteiger partial charge in [-0.25, -0.2) is 13.2 Å². The summed E-state index contributed by atoms with van der Waals surface area (Å²) in [4.78, 5) is 12.5. The molecule has 0 bridgehead atoms. The van der Waals surface area contributed by atoms with Crippen LogP contribution in [0.25, 0.3) is 0 Å². The van der Waals surface area contributed by atoms with Gasteiger partial charge in [-0.15, -0.1) is 0 Å². The highest BCUT2D eigenvalue weighted by molar-refractivity contribution is 7.92. The molecule has 1 atom stereocenters. The number of nitrogens with one attached hydrogen (secondary N) is 3. The molecule has 2 aromatic rings. The predicted octanol–water partition coefficient (Wildman–Crippen LogP) is 1.89. The van der Waals surface area contributed by atoms with Crippen molar-refractivity contribution in [3.63, 3.8) is 0 Å². The summed E-state index contributed by atoms with van der Waals surface area (Å²) in [6.07, 6.45) is 1.70. The third-order valence-corrected chi connectivity index (χ3v) is 6.36. The van der Waals surface area contributed by atoms with Gasteiger partial charge in [0, 0.05) is 37.4 Å². The van der Waals surface area contributed by atoms with Crippen LogP contribution in [0, 0.1) is 0 Å². The lowest BCUT2D eigenvalue weighted by molar-refractivity contribution is 0.106. The van der Waals surface area contributed by atoms with Crippen molar-refractivity contribution in [2.24, 2.45) is 0 Å². The number of rotatable bonds is 12. The SMILES string of the molecule is CS(=O)(=O)Nc1cc(OC[C@@H](O)CNCCc2ccc(NC3CCN(C(=O)O)CC3)cc2)ccc1O. The number of carbonyl (C=O) groups is 1. The molecule has 36 heavy (non-hydrogen) atoms. The van der Waals surface area contributed by atoms with Crippen LogP contribution in [0.1, 0.15) is 18.4 Å². The van der Waals surface area contributed by atoms with Gasteiger partial charge in [0.25, 0.3) is 0 Å². The highest BCUT2D eigenvalue weighted by Crippen LogP contribution is 2.28. The fourth-order valence-electron chi connectivity index (χ4n) is 3.86. The standard InChI is InChI=1S/C24H34N4O7S/c1-36(33,34)27-22-14-21(6-7-23(22)30)35-16-20(29)15-25-11-8-17-2-4-18(5-3-17)26-19-9-12-28(13-10-19)24(31)32/h2-7,14,19-20,25-27,29-30H,8-13,15-16H2,1H3,(H,31,32)/t20-/m0/s1. The second kappa shape index (κ2) is 12.7. The summed E-state index contributed by atoms with van der Waals surface area (Å²) >= 11 is 0. The van der Waals surface area contributed by atoms with Gasteiger partial charge in [0.05, 0.1) is 11.9 Å². The van der Waals surface area contributed by atoms with E-state index < -0.39 is 22.2 Å². The average molecular weight is 523 g/mol. The van der Waals surface area contributed by atoms with Crippen LogP contribution in [0.15, 0.2) is 42.5 Å². The normalized spacial score (nSPS) is 15.3. The van der Waals surface area contributed by atoms with Gasteiger partial charge < -0.3 is 35.6 Å². The number of amides is 1. The molecule has 1 amide bonds. The van der Waals surface area contributed by atoms with Crippen molar-refractivity contribution in [1.82, 2.24) is 10.2 Å². The minimum absolute atomic E-state index is 0.00183. The molecule has 0 spiro atoms. The number of hydrogen-bond acceptors (Lipinski definition) is 8. The number of aliphatic hydroxyl groups excluding tert-OH is 1. The first kappa shape index (κ1) is 27.4. The van der Waals surface area contributed by atoms with E-state index in [1.54, 1.807) is 0 Å². The number of benzene rings is 2. The molecule has 0 aromatic heterocycles. The van der Waals surface area contributed by atoms with Crippen molar-refractivity contribution in [3.05, 3.63) is 48.0 Å². The van der Waals surface area contributed by atoms with E-state index in [4.69, 9.17) is 9.84 Å². The van der Waals surface area contributed by atoms with E-state index in [1.165, 1.54) is 23.1 Å². The van der Waals surface area contributed by atoms with Crippen LogP contribution in [0.3, 0.4) is 0 Å². The first-order valence-corrected chi connectivity index (χ1v) is 13.6. The Hall–Kier alpha value is -3.22. The second-order valence-electron chi connectivity index (χ2n) is 8.86. The zero-order valence-corrected chi connectivity index (χ0v) is 21.0. The van der Waals surface area contributed by atoms with E-state index in [9.17, 15) is 23.4 Å². The van der Waals surface area contributed by atoms with Crippen molar-refractivity contribution in [2.75, 3.05) is 49.1 Å². The smallest absolute Gasteiger partial charge is 0.407 e. The molecule has 0 aliphatic carbocycles. The number of phenols is 1. The van der Waals surface area contributed by atoms with E-state index in [2.05, 4.69) is 15.4 Å². The minimum Gasteiger partial charge on any atom is -0.506 e. The van der Waals surface area contributed by atoms with Crippen LogP contribution < -0.4 is 20.1 Å². The molecule has 11 nitrogen and oxygen atoms in total. The Morgan fingerprint density at radius 1 is 1.17 bits per heavy atom. The highest BCUT2D eigenvalue weighted by atomic mass is 32.2.